The van der Waals surface area contributed by atoms with E-state index in [1.807, 2.05) is 30.3 Å². The van der Waals surface area contributed by atoms with Crippen LogP contribution >= 0.6 is 11.6 Å². The Bertz CT molecular complexity index is 1080. The van der Waals surface area contributed by atoms with Gasteiger partial charge in [-0.25, -0.2) is 4.98 Å². The zero-order chi connectivity index (χ0) is 23.2. The fourth-order valence-corrected chi connectivity index (χ4v) is 4.26. The monoisotopic (exact) mass is 467 g/mol. The Labute approximate surface area is 197 Å². The third-order valence-electron chi connectivity index (χ3n) is 5.90. The van der Waals surface area contributed by atoms with Crippen LogP contribution in [-0.2, 0) is 11.3 Å². The number of aromatic nitrogens is 3. The Morgan fingerprint density at radius 1 is 1.18 bits per heavy atom. The summed E-state index contributed by atoms with van der Waals surface area (Å²) in [5.41, 5.74) is 1.44. The molecule has 1 fully saturated rings. The highest BCUT2D eigenvalue weighted by atomic mass is 35.5. The van der Waals surface area contributed by atoms with E-state index in [9.17, 15) is 9.59 Å². The molecule has 0 spiro atoms. The van der Waals surface area contributed by atoms with Gasteiger partial charge in [0.1, 0.15) is 18.4 Å². The van der Waals surface area contributed by atoms with Crippen molar-refractivity contribution >= 4 is 23.4 Å². The topological polar surface area (TPSA) is 89.4 Å². The summed E-state index contributed by atoms with van der Waals surface area (Å²) in [6, 6.07) is 14.6. The highest BCUT2D eigenvalue weighted by molar-refractivity contribution is 6.31. The fraction of sp³-hybridized carbons (Fsp3) is 0.333. The molecule has 0 aliphatic carbocycles. The van der Waals surface area contributed by atoms with E-state index in [2.05, 4.69) is 15.4 Å². The summed E-state index contributed by atoms with van der Waals surface area (Å²) in [6.07, 6.45) is 4.29. The molecule has 172 valence electrons. The van der Waals surface area contributed by atoms with Crippen LogP contribution in [-0.4, -0.2) is 51.7 Å². The summed E-state index contributed by atoms with van der Waals surface area (Å²) in [4.78, 5) is 31.9. The molecule has 1 atom stereocenters. The number of hydrogen-bond donors (Lipinski definition) is 1. The zero-order valence-corrected chi connectivity index (χ0v) is 19.1. The van der Waals surface area contributed by atoms with Crippen molar-refractivity contribution in [2.45, 2.75) is 25.4 Å². The third-order valence-corrected chi connectivity index (χ3v) is 6.13. The van der Waals surface area contributed by atoms with Crippen molar-refractivity contribution in [3.63, 3.8) is 0 Å². The predicted octanol–water partition coefficient (Wildman–Crippen LogP) is 3.35. The minimum Gasteiger partial charge on any atom is -0.496 e. The number of amides is 2. The van der Waals surface area contributed by atoms with E-state index in [4.69, 9.17) is 16.3 Å². The van der Waals surface area contributed by atoms with Crippen molar-refractivity contribution in [3.05, 3.63) is 77.3 Å². The number of nitrogens with one attached hydrogen (secondary N) is 1. The molecule has 2 heterocycles. The summed E-state index contributed by atoms with van der Waals surface area (Å²) in [7, 11) is 1.53. The smallest absolute Gasteiger partial charge is 0.257 e. The Balaban J connectivity index is 1.39. The second-order valence-corrected chi connectivity index (χ2v) is 8.44. The molecule has 0 bridgehead atoms. The average Bonchev–Trinajstić information content (AvgIpc) is 3.37. The standard InChI is InChI=1S/C24H26ClN5O3/c1-33-22-8-7-19(25)13-20(22)24(32)29-11-9-18(10-12-29)23(31)28-21(14-30-16-26-15-27-30)17-5-3-2-4-6-17/h2-8,13,15-16,18,21H,9-12,14H2,1H3,(H,28,31). The van der Waals surface area contributed by atoms with Crippen LogP contribution in [0.5, 0.6) is 5.75 Å². The number of likely N-dealkylation sites (tertiary alicyclic amines) is 1. The van der Waals surface area contributed by atoms with Gasteiger partial charge in [-0.3, -0.25) is 14.3 Å². The molecule has 33 heavy (non-hydrogen) atoms. The normalized spacial score (nSPS) is 15.2. The second kappa shape index (κ2) is 10.5. The predicted molar refractivity (Wildman–Crippen MR) is 124 cm³/mol. The molecular formula is C24H26ClN5O3. The molecule has 1 aliphatic heterocycles. The number of nitrogens with zero attached hydrogens (tertiary/aromatic N) is 4. The summed E-state index contributed by atoms with van der Waals surface area (Å²) in [5.74, 6) is 0.165. The van der Waals surface area contributed by atoms with Crippen molar-refractivity contribution in [2.24, 2.45) is 5.92 Å². The summed E-state index contributed by atoms with van der Waals surface area (Å²) in [5, 5.41) is 7.82. The van der Waals surface area contributed by atoms with Crippen LogP contribution in [0.15, 0.2) is 61.2 Å². The van der Waals surface area contributed by atoms with E-state index in [0.717, 1.165) is 5.56 Å². The van der Waals surface area contributed by atoms with E-state index < -0.39 is 0 Å². The van der Waals surface area contributed by atoms with E-state index in [1.165, 1.54) is 13.4 Å². The first kappa shape index (κ1) is 22.8. The molecular weight excluding hydrogens is 442 g/mol. The Morgan fingerprint density at radius 3 is 2.61 bits per heavy atom. The molecule has 2 aromatic carbocycles. The van der Waals surface area contributed by atoms with Crippen molar-refractivity contribution in [1.29, 1.82) is 0 Å². The molecule has 1 unspecified atom stereocenters. The maximum atomic E-state index is 13.1. The van der Waals surface area contributed by atoms with Crippen LogP contribution in [0.4, 0.5) is 0 Å². The van der Waals surface area contributed by atoms with Crippen LogP contribution in [0.3, 0.4) is 0 Å². The number of halogens is 1. The van der Waals surface area contributed by atoms with Gasteiger partial charge in [-0.2, -0.15) is 5.10 Å². The lowest BCUT2D eigenvalue weighted by atomic mass is 9.94. The van der Waals surface area contributed by atoms with Gasteiger partial charge < -0.3 is 15.0 Å². The number of methoxy groups -OCH3 is 1. The number of carbonyl (C=O) groups is 2. The molecule has 1 N–H and O–H groups in total. The molecule has 1 saturated heterocycles. The Kier molecular flexibility index (Phi) is 7.24. The second-order valence-electron chi connectivity index (χ2n) is 8.00. The molecule has 1 aliphatic rings. The molecule has 0 saturated carbocycles. The number of ether oxygens (including phenoxy) is 1. The lowest BCUT2D eigenvalue weighted by Crippen LogP contribution is -2.44. The van der Waals surface area contributed by atoms with E-state index in [1.54, 1.807) is 34.1 Å². The largest absolute Gasteiger partial charge is 0.496 e. The first-order valence-electron chi connectivity index (χ1n) is 10.9. The van der Waals surface area contributed by atoms with E-state index in [-0.39, 0.29) is 23.8 Å². The van der Waals surface area contributed by atoms with Gasteiger partial charge in [-0.15, -0.1) is 0 Å². The van der Waals surface area contributed by atoms with Gasteiger partial charge in [-0.1, -0.05) is 41.9 Å². The van der Waals surface area contributed by atoms with Crippen LogP contribution in [0.1, 0.15) is 34.8 Å². The summed E-state index contributed by atoms with van der Waals surface area (Å²) < 4.78 is 7.02. The minimum atomic E-state index is -0.226. The number of piperidine rings is 1. The van der Waals surface area contributed by atoms with E-state index >= 15 is 0 Å². The highest BCUT2D eigenvalue weighted by Crippen LogP contribution is 2.27. The molecule has 9 heteroatoms. The van der Waals surface area contributed by atoms with Gasteiger partial charge in [0.15, 0.2) is 0 Å². The third kappa shape index (κ3) is 5.51. The quantitative estimate of drug-likeness (QED) is 0.575. The van der Waals surface area contributed by atoms with Gasteiger partial charge in [0.25, 0.3) is 5.91 Å². The number of hydrogen-bond acceptors (Lipinski definition) is 5. The minimum absolute atomic E-state index is 0.0172. The molecule has 4 rings (SSSR count). The molecule has 3 aromatic rings. The van der Waals surface area contributed by atoms with Crippen molar-refractivity contribution in [2.75, 3.05) is 20.2 Å². The average molecular weight is 468 g/mol. The Hall–Kier alpha value is -3.39. The maximum absolute atomic E-state index is 13.1. The SMILES string of the molecule is COc1ccc(Cl)cc1C(=O)N1CCC(C(=O)NC(Cn2cncn2)c2ccccc2)CC1. The molecule has 8 nitrogen and oxygen atoms in total. The number of benzene rings is 2. The highest BCUT2D eigenvalue weighted by Gasteiger charge is 2.30. The van der Waals surface area contributed by atoms with Gasteiger partial charge in [-0.05, 0) is 36.6 Å². The maximum Gasteiger partial charge on any atom is 0.257 e. The first-order valence-corrected chi connectivity index (χ1v) is 11.2. The molecule has 0 radical (unpaired) electrons. The van der Waals surface area contributed by atoms with Crippen molar-refractivity contribution < 1.29 is 14.3 Å². The zero-order valence-electron chi connectivity index (χ0n) is 18.4. The van der Waals surface area contributed by atoms with Gasteiger partial charge >= 0.3 is 0 Å². The first-order chi connectivity index (χ1) is 16.0. The Morgan fingerprint density at radius 2 is 1.94 bits per heavy atom. The number of rotatable bonds is 7. The van der Waals surface area contributed by atoms with Crippen LogP contribution in [0.25, 0.3) is 0 Å². The van der Waals surface area contributed by atoms with Crippen LogP contribution in [0, 0.1) is 5.92 Å². The van der Waals surface area contributed by atoms with Crippen molar-refractivity contribution in [3.8, 4) is 5.75 Å². The van der Waals surface area contributed by atoms with Gasteiger partial charge in [0, 0.05) is 24.0 Å². The summed E-state index contributed by atoms with van der Waals surface area (Å²) in [6.45, 7) is 1.47. The van der Waals surface area contributed by atoms with Crippen LogP contribution < -0.4 is 10.1 Å². The summed E-state index contributed by atoms with van der Waals surface area (Å²) >= 11 is 6.08. The fourth-order valence-electron chi connectivity index (χ4n) is 4.09. The number of carbonyl (C=O) groups excluding carboxylic acids is 2. The van der Waals surface area contributed by atoms with Gasteiger partial charge in [0.05, 0.1) is 25.3 Å². The lowest BCUT2D eigenvalue weighted by Gasteiger charge is -2.32. The molecule has 2 amide bonds. The van der Waals surface area contributed by atoms with Crippen molar-refractivity contribution in [1.82, 2.24) is 25.0 Å². The van der Waals surface area contributed by atoms with Crippen LogP contribution in [0.2, 0.25) is 5.02 Å². The molecule has 1 aromatic heterocycles. The van der Waals surface area contributed by atoms with Gasteiger partial charge in [0.2, 0.25) is 5.91 Å². The lowest BCUT2D eigenvalue weighted by molar-refractivity contribution is -0.127. The van der Waals surface area contributed by atoms with E-state index in [0.29, 0.717) is 48.8 Å².